The number of aryl methyl sites for hydroxylation is 2. The van der Waals surface area contributed by atoms with E-state index in [1.807, 2.05) is 32.0 Å². The minimum absolute atomic E-state index is 0.0936. The first kappa shape index (κ1) is 21.3. The summed E-state index contributed by atoms with van der Waals surface area (Å²) in [5, 5.41) is 24.5. The summed E-state index contributed by atoms with van der Waals surface area (Å²) < 4.78 is 0. The Kier molecular flexibility index (Phi) is 6.80. The van der Waals surface area contributed by atoms with E-state index in [4.69, 9.17) is 0 Å². The zero-order chi connectivity index (χ0) is 21.6. The Labute approximate surface area is 165 Å². The van der Waals surface area contributed by atoms with Gasteiger partial charge in [0.1, 0.15) is 5.69 Å². The van der Waals surface area contributed by atoms with E-state index in [-0.39, 0.29) is 24.4 Å². The Morgan fingerprint density at radius 1 is 0.931 bits per heavy atom. The van der Waals surface area contributed by atoms with Crippen molar-refractivity contribution in [2.24, 2.45) is 0 Å². The summed E-state index contributed by atoms with van der Waals surface area (Å²) in [4.78, 5) is 44.2. The molecule has 0 aliphatic rings. The van der Waals surface area contributed by atoms with Crippen LogP contribution in [0.4, 0.5) is 22.7 Å². The van der Waals surface area contributed by atoms with Crippen LogP contribution in [0.3, 0.4) is 0 Å². The number of nitrogens with zero attached hydrogens (tertiary/aromatic N) is 2. The lowest BCUT2D eigenvalue weighted by Crippen LogP contribution is -2.30. The average molecular weight is 401 g/mol. The van der Waals surface area contributed by atoms with Gasteiger partial charge in [0.05, 0.1) is 15.9 Å². The molecule has 0 bridgehead atoms. The standard InChI is InChI=1S/C18H19N5O6/c1-11-4-3-5-12(2)18(11)19-16(24)8-9-17(25)21-20-14-7-6-13(22(26)27)10-15(14)23(28)29/h3-7,10,20H,8-9H2,1-2H3,(H,19,24)(H,21,25). The lowest BCUT2D eigenvalue weighted by molar-refractivity contribution is -0.393. The topological polar surface area (TPSA) is 157 Å². The quantitative estimate of drug-likeness (QED) is 0.453. The molecule has 0 aliphatic carbocycles. The number of para-hydroxylation sites is 1. The molecular formula is C18H19N5O6. The molecule has 29 heavy (non-hydrogen) atoms. The lowest BCUT2D eigenvalue weighted by atomic mass is 10.1. The highest BCUT2D eigenvalue weighted by Gasteiger charge is 2.20. The molecule has 0 saturated carbocycles. The number of anilines is 2. The maximum atomic E-state index is 12.1. The molecule has 152 valence electrons. The molecule has 0 spiro atoms. The zero-order valence-corrected chi connectivity index (χ0v) is 15.7. The predicted octanol–water partition coefficient (Wildman–Crippen LogP) is 2.98. The molecule has 3 N–H and O–H groups in total. The van der Waals surface area contributed by atoms with Crippen molar-refractivity contribution < 1.29 is 19.4 Å². The molecular weight excluding hydrogens is 382 g/mol. The monoisotopic (exact) mass is 401 g/mol. The maximum Gasteiger partial charge on any atom is 0.300 e. The van der Waals surface area contributed by atoms with E-state index in [1.165, 1.54) is 0 Å². The normalized spacial score (nSPS) is 10.1. The van der Waals surface area contributed by atoms with Crippen LogP contribution < -0.4 is 16.2 Å². The number of nitro benzene ring substituents is 2. The van der Waals surface area contributed by atoms with Crippen molar-refractivity contribution in [2.75, 3.05) is 10.7 Å². The fourth-order valence-electron chi connectivity index (χ4n) is 2.53. The van der Waals surface area contributed by atoms with Crippen molar-refractivity contribution in [3.05, 3.63) is 67.8 Å². The van der Waals surface area contributed by atoms with Crippen molar-refractivity contribution in [1.82, 2.24) is 5.43 Å². The molecule has 0 aliphatic heterocycles. The van der Waals surface area contributed by atoms with Gasteiger partial charge in [-0.25, -0.2) is 0 Å². The van der Waals surface area contributed by atoms with Crippen molar-refractivity contribution in [1.29, 1.82) is 0 Å². The zero-order valence-electron chi connectivity index (χ0n) is 15.7. The molecule has 11 heteroatoms. The highest BCUT2D eigenvalue weighted by Crippen LogP contribution is 2.28. The van der Waals surface area contributed by atoms with E-state index in [0.29, 0.717) is 5.69 Å². The number of nitrogens with one attached hydrogen (secondary N) is 3. The number of carbonyl (C=O) groups excluding carboxylic acids is 2. The number of benzene rings is 2. The minimum atomic E-state index is -0.806. The molecule has 11 nitrogen and oxygen atoms in total. The largest absolute Gasteiger partial charge is 0.326 e. The Hall–Kier alpha value is -4.02. The Morgan fingerprint density at radius 3 is 2.14 bits per heavy atom. The van der Waals surface area contributed by atoms with Gasteiger partial charge in [0.25, 0.3) is 5.69 Å². The van der Waals surface area contributed by atoms with E-state index in [9.17, 15) is 29.8 Å². The molecule has 2 aromatic rings. The summed E-state index contributed by atoms with van der Waals surface area (Å²) in [7, 11) is 0. The SMILES string of the molecule is Cc1cccc(C)c1NC(=O)CCC(=O)NNc1ccc([N+](=O)[O-])cc1[N+](=O)[O-]. The van der Waals surface area contributed by atoms with Crippen molar-refractivity contribution in [2.45, 2.75) is 26.7 Å². The first-order valence-corrected chi connectivity index (χ1v) is 8.52. The van der Waals surface area contributed by atoms with Crippen molar-refractivity contribution >= 4 is 34.6 Å². The molecule has 2 aromatic carbocycles. The molecule has 0 fully saturated rings. The van der Waals surface area contributed by atoms with Crippen LogP contribution in [0.2, 0.25) is 0 Å². The maximum absolute atomic E-state index is 12.1. The number of rotatable bonds is 8. The summed E-state index contributed by atoms with van der Waals surface area (Å²) in [5.74, 6) is -0.923. The van der Waals surface area contributed by atoms with Gasteiger partial charge >= 0.3 is 5.69 Å². The minimum Gasteiger partial charge on any atom is -0.326 e. The third-order valence-corrected chi connectivity index (χ3v) is 4.05. The smallest absolute Gasteiger partial charge is 0.300 e. The summed E-state index contributed by atoms with van der Waals surface area (Å²) >= 11 is 0. The van der Waals surface area contributed by atoms with Gasteiger partial charge in [0, 0.05) is 24.6 Å². The van der Waals surface area contributed by atoms with E-state index >= 15 is 0 Å². The van der Waals surface area contributed by atoms with E-state index in [2.05, 4.69) is 16.2 Å². The fraction of sp³-hybridized carbons (Fsp3) is 0.222. The van der Waals surface area contributed by atoms with Crippen LogP contribution in [0, 0.1) is 34.1 Å². The van der Waals surface area contributed by atoms with Gasteiger partial charge < -0.3 is 5.32 Å². The summed E-state index contributed by atoms with van der Waals surface area (Å²) in [5.41, 5.74) is 5.96. The van der Waals surface area contributed by atoms with E-state index in [1.54, 1.807) is 0 Å². The van der Waals surface area contributed by atoms with Gasteiger partial charge in [0.15, 0.2) is 0 Å². The van der Waals surface area contributed by atoms with Gasteiger partial charge in [0.2, 0.25) is 11.8 Å². The van der Waals surface area contributed by atoms with Crippen LogP contribution in [0.1, 0.15) is 24.0 Å². The number of hydrazine groups is 1. The third kappa shape index (κ3) is 5.73. The Balaban J connectivity index is 1.91. The first-order valence-electron chi connectivity index (χ1n) is 8.52. The Morgan fingerprint density at radius 2 is 1.55 bits per heavy atom. The molecule has 0 saturated heterocycles. The molecule has 2 rings (SSSR count). The van der Waals surface area contributed by atoms with Crippen LogP contribution in [0.15, 0.2) is 36.4 Å². The first-order chi connectivity index (χ1) is 13.7. The van der Waals surface area contributed by atoms with Crippen LogP contribution in [0.5, 0.6) is 0 Å². The second-order valence-electron chi connectivity index (χ2n) is 6.20. The summed E-state index contributed by atoms with van der Waals surface area (Å²) in [6, 6.07) is 8.56. The highest BCUT2D eigenvalue weighted by atomic mass is 16.6. The van der Waals surface area contributed by atoms with Gasteiger partial charge in [-0.15, -0.1) is 0 Å². The van der Waals surface area contributed by atoms with Gasteiger partial charge in [-0.3, -0.25) is 40.7 Å². The number of amides is 2. The van der Waals surface area contributed by atoms with E-state index in [0.717, 1.165) is 29.3 Å². The van der Waals surface area contributed by atoms with Gasteiger partial charge in [-0.05, 0) is 31.0 Å². The molecule has 0 heterocycles. The lowest BCUT2D eigenvalue weighted by Gasteiger charge is -2.12. The summed E-state index contributed by atoms with van der Waals surface area (Å²) in [6.07, 6.45) is -0.256. The van der Waals surface area contributed by atoms with Gasteiger partial charge in [-0.1, -0.05) is 18.2 Å². The summed E-state index contributed by atoms with van der Waals surface area (Å²) in [6.45, 7) is 3.71. The van der Waals surface area contributed by atoms with Crippen molar-refractivity contribution in [3.63, 3.8) is 0 Å². The number of hydrogen-bond acceptors (Lipinski definition) is 7. The van der Waals surface area contributed by atoms with E-state index < -0.39 is 27.1 Å². The van der Waals surface area contributed by atoms with Crippen LogP contribution in [-0.4, -0.2) is 21.7 Å². The van der Waals surface area contributed by atoms with Crippen LogP contribution in [0.25, 0.3) is 0 Å². The molecule has 0 unspecified atom stereocenters. The molecule has 2 amide bonds. The van der Waals surface area contributed by atoms with Crippen molar-refractivity contribution in [3.8, 4) is 0 Å². The highest BCUT2D eigenvalue weighted by molar-refractivity contribution is 5.94. The number of hydrogen-bond donors (Lipinski definition) is 3. The van der Waals surface area contributed by atoms with Crippen LogP contribution in [-0.2, 0) is 9.59 Å². The number of carbonyl (C=O) groups is 2. The number of nitro groups is 2. The second-order valence-corrected chi connectivity index (χ2v) is 6.20. The fourth-order valence-corrected chi connectivity index (χ4v) is 2.53. The molecule has 0 radical (unpaired) electrons. The molecule has 0 atom stereocenters. The molecule has 0 aromatic heterocycles. The Bertz CT molecular complexity index is 955. The predicted molar refractivity (Wildman–Crippen MR) is 105 cm³/mol. The average Bonchev–Trinajstić information content (AvgIpc) is 2.67. The van der Waals surface area contributed by atoms with Crippen LogP contribution >= 0.6 is 0 Å². The third-order valence-electron chi connectivity index (χ3n) is 4.05. The van der Waals surface area contributed by atoms with Gasteiger partial charge in [-0.2, -0.15) is 0 Å². The number of non-ortho nitro benzene ring substituents is 1. The second kappa shape index (κ2) is 9.26.